The summed E-state index contributed by atoms with van der Waals surface area (Å²) in [7, 11) is 0. The highest BCUT2D eigenvalue weighted by atomic mass is 16.5. The molecule has 0 amide bonds. The molecule has 0 aromatic carbocycles. The van der Waals surface area contributed by atoms with E-state index >= 15 is 0 Å². The van der Waals surface area contributed by atoms with Gasteiger partial charge < -0.3 is 9.26 Å². The minimum atomic E-state index is 0.133. The fourth-order valence-corrected chi connectivity index (χ4v) is 2.16. The minimum absolute atomic E-state index is 0.133. The summed E-state index contributed by atoms with van der Waals surface area (Å²) in [5.41, 5.74) is 1.26. The summed E-state index contributed by atoms with van der Waals surface area (Å²) in [6.07, 6.45) is 5.34. The van der Waals surface area contributed by atoms with Gasteiger partial charge >= 0.3 is 0 Å². The number of aromatic nitrogens is 3. The Morgan fingerprint density at radius 3 is 3.05 bits per heavy atom. The fraction of sp³-hybridized carbons (Fsp3) is 0.462. The van der Waals surface area contributed by atoms with E-state index in [1.807, 2.05) is 13.0 Å². The van der Waals surface area contributed by atoms with Crippen molar-refractivity contribution >= 4 is 0 Å². The number of hydrogen-bond donors (Lipinski definition) is 0. The van der Waals surface area contributed by atoms with Crippen molar-refractivity contribution in [1.29, 1.82) is 0 Å². The largest absolute Gasteiger partial charge is 0.476 e. The van der Waals surface area contributed by atoms with E-state index in [1.54, 1.807) is 12.4 Å². The van der Waals surface area contributed by atoms with E-state index in [2.05, 4.69) is 20.4 Å². The number of ether oxygens (including phenoxy) is 1. The zero-order chi connectivity index (χ0) is 13.1. The third kappa shape index (κ3) is 2.44. The smallest absolute Gasteiger partial charge is 0.242 e. The minimum Gasteiger partial charge on any atom is -0.476 e. The highest BCUT2D eigenvalue weighted by Gasteiger charge is 2.23. The molecule has 0 spiro atoms. The summed E-state index contributed by atoms with van der Waals surface area (Å²) < 4.78 is 10.8. The molecule has 1 saturated heterocycles. The first kappa shape index (κ1) is 12.1. The Morgan fingerprint density at radius 1 is 1.37 bits per heavy atom. The molecule has 0 bridgehead atoms. The first-order valence-corrected chi connectivity index (χ1v) is 6.46. The van der Waals surface area contributed by atoms with Gasteiger partial charge in [-0.15, -0.1) is 0 Å². The summed E-state index contributed by atoms with van der Waals surface area (Å²) in [6, 6.07) is 2.01. The summed E-state index contributed by atoms with van der Waals surface area (Å²) in [5, 5.41) is 8.53. The maximum absolute atomic E-state index is 5.45. The van der Waals surface area contributed by atoms with Crippen molar-refractivity contribution in [2.24, 2.45) is 0 Å². The second kappa shape index (κ2) is 5.36. The van der Waals surface area contributed by atoms with Gasteiger partial charge in [-0.3, -0.25) is 0 Å². The van der Waals surface area contributed by atoms with Crippen LogP contribution in [0.3, 0.4) is 0 Å². The zero-order valence-electron chi connectivity index (χ0n) is 10.7. The molecule has 1 aliphatic rings. The van der Waals surface area contributed by atoms with Gasteiger partial charge in [0, 0.05) is 25.0 Å². The maximum atomic E-state index is 5.45. The molecule has 6 heteroatoms. The Morgan fingerprint density at radius 2 is 2.26 bits per heavy atom. The van der Waals surface area contributed by atoms with E-state index in [0.717, 1.165) is 25.1 Å². The zero-order valence-corrected chi connectivity index (χ0v) is 10.7. The van der Waals surface area contributed by atoms with E-state index in [0.29, 0.717) is 23.9 Å². The van der Waals surface area contributed by atoms with Crippen molar-refractivity contribution in [2.45, 2.75) is 25.8 Å². The van der Waals surface area contributed by atoms with Crippen LogP contribution in [0, 0.1) is 0 Å². The standard InChI is InChI=1S/C13H15N4O2/c1-2-18-13-12(15-6-7-16-13)10-8-11(19-17-10)9-4-3-5-14-9/h6-9H,2-5H2,1H3. The molecular formula is C13H15N4O2. The van der Waals surface area contributed by atoms with E-state index < -0.39 is 0 Å². The average Bonchev–Trinajstić information content (AvgIpc) is 3.11. The molecule has 1 radical (unpaired) electrons. The van der Waals surface area contributed by atoms with Crippen LogP contribution in [0.5, 0.6) is 5.88 Å². The molecule has 99 valence electrons. The van der Waals surface area contributed by atoms with Gasteiger partial charge in [0.2, 0.25) is 5.88 Å². The van der Waals surface area contributed by atoms with Crippen LogP contribution in [0.4, 0.5) is 0 Å². The molecule has 19 heavy (non-hydrogen) atoms. The second-order valence-electron chi connectivity index (χ2n) is 4.32. The molecule has 0 saturated carbocycles. The van der Waals surface area contributed by atoms with Gasteiger partial charge in [0.15, 0.2) is 11.5 Å². The third-order valence-electron chi connectivity index (χ3n) is 3.03. The molecule has 0 aliphatic carbocycles. The Labute approximate surface area is 111 Å². The predicted octanol–water partition coefficient (Wildman–Crippen LogP) is 1.97. The fourth-order valence-electron chi connectivity index (χ4n) is 2.16. The molecule has 2 aromatic heterocycles. The lowest BCUT2D eigenvalue weighted by atomic mass is 10.1. The van der Waals surface area contributed by atoms with Crippen molar-refractivity contribution in [1.82, 2.24) is 20.4 Å². The quantitative estimate of drug-likeness (QED) is 0.839. The second-order valence-corrected chi connectivity index (χ2v) is 4.32. The van der Waals surface area contributed by atoms with Crippen molar-refractivity contribution in [2.75, 3.05) is 13.2 Å². The molecule has 1 unspecified atom stereocenters. The summed E-state index contributed by atoms with van der Waals surface area (Å²) in [5.74, 6) is 1.27. The average molecular weight is 259 g/mol. The van der Waals surface area contributed by atoms with Crippen LogP contribution in [0.2, 0.25) is 0 Å². The molecule has 1 fully saturated rings. The Hall–Kier alpha value is -1.95. The third-order valence-corrected chi connectivity index (χ3v) is 3.03. The van der Waals surface area contributed by atoms with E-state index in [9.17, 15) is 0 Å². The van der Waals surface area contributed by atoms with Crippen LogP contribution >= 0.6 is 0 Å². The lowest BCUT2D eigenvalue weighted by Gasteiger charge is -2.04. The molecule has 0 N–H and O–H groups in total. The molecular weight excluding hydrogens is 244 g/mol. The normalized spacial score (nSPS) is 18.7. The van der Waals surface area contributed by atoms with Crippen LogP contribution in [-0.4, -0.2) is 28.3 Å². The molecule has 2 aromatic rings. The molecule has 1 atom stereocenters. The van der Waals surface area contributed by atoms with Crippen molar-refractivity contribution < 1.29 is 9.26 Å². The Bertz CT molecular complexity index is 549. The van der Waals surface area contributed by atoms with Gasteiger partial charge in [-0.05, 0) is 19.8 Å². The molecule has 3 rings (SSSR count). The lowest BCUT2D eigenvalue weighted by molar-refractivity contribution is 0.325. The molecule has 6 nitrogen and oxygen atoms in total. The summed E-state index contributed by atoms with van der Waals surface area (Å²) >= 11 is 0. The van der Waals surface area contributed by atoms with Crippen LogP contribution < -0.4 is 10.1 Å². The highest BCUT2D eigenvalue weighted by Crippen LogP contribution is 2.30. The summed E-state index contributed by atoms with van der Waals surface area (Å²) in [6.45, 7) is 3.34. The first-order valence-electron chi connectivity index (χ1n) is 6.46. The monoisotopic (exact) mass is 259 g/mol. The first-order chi connectivity index (χ1) is 9.38. The highest BCUT2D eigenvalue weighted by molar-refractivity contribution is 5.59. The number of nitrogens with zero attached hydrogens (tertiary/aromatic N) is 4. The van der Waals surface area contributed by atoms with Crippen LogP contribution in [0.25, 0.3) is 11.4 Å². The summed E-state index contributed by atoms with van der Waals surface area (Å²) in [4.78, 5) is 8.43. The van der Waals surface area contributed by atoms with Gasteiger partial charge in [-0.25, -0.2) is 15.3 Å². The van der Waals surface area contributed by atoms with Crippen molar-refractivity contribution in [3.63, 3.8) is 0 Å². The Kier molecular flexibility index (Phi) is 3.41. The maximum Gasteiger partial charge on any atom is 0.242 e. The Balaban J connectivity index is 1.89. The van der Waals surface area contributed by atoms with Gasteiger partial charge in [-0.1, -0.05) is 5.16 Å². The van der Waals surface area contributed by atoms with Crippen LogP contribution in [-0.2, 0) is 0 Å². The predicted molar refractivity (Wildman–Crippen MR) is 67.7 cm³/mol. The van der Waals surface area contributed by atoms with Crippen LogP contribution in [0.15, 0.2) is 23.0 Å². The van der Waals surface area contributed by atoms with Gasteiger partial charge in [0.05, 0.1) is 12.6 Å². The van der Waals surface area contributed by atoms with Crippen molar-refractivity contribution in [3.8, 4) is 17.3 Å². The van der Waals surface area contributed by atoms with E-state index in [-0.39, 0.29) is 6.04 Å². The van der Waals surface area contributed by atoms with Crippen LogP contribution in [0.1, 0.15) is 31.6 Å². The number of rotatable bonds is 4. The van der Waals surface area contributed by atoms with E-state index in [4.69, 9.17) is 9.26 Å². The topological polar surface area (TPSA) is 75.1 Å². The van der Waals surface area contributed by atoms with Crippen molar-refractivity contribution in [3.05, 3.63) is 24.2 Å². The molecule has 1 aliphatic heterocycles. The van der Waals surface area contributed by atoms with Gasteiger partial charge in [0.25, 0.3) is 0 Å². The van der Waals surface area contributed by atoms with Gasteiger partial charge in [-0.2, -0.15) is 0 Å². The SMILES string of the molecule is CCOc1nccnc1-c1cc(C2CCC[N]2)on1. The number of hydrogen-bond acceptors (Lipinski definition) is 5. The van der Waals surface area contributed by atoms with E-state index in [1.165, 1.54) is 0 Å². The lowest BCUT2D eigenvalue weighted by Crippen LogP contribution is -2.03. The van der Waals surface area contributed by atoms with Gasteiger partial charge in [0.1, 0.15) is 5.69 Å². The molecule has 3 heterocycles.